The van der Waals surface area contributed by atoms with Crippen molar-refractivity contribution in [2.24, 2.45) is 0 Å². The molecule has 1 amide bonds. The molecular weight excluding hydrogens is 367 g/mol. The van der Waals surface area contributed by atoms with Gasteiger partial charge in [-0.1, -0.05) is 44.2 Å². The smallest absolute Gasteiger partial charge is 0.232 e. The molecule has 0 fully saturated rings. The molecule has 0 radical (unpaired) electrons. The van der Waals surface area contributed by atoms with E-state index >= 15 is 0 Å². The van der Waals surface area contributed by atoms with Gasteiger partial charge in [-0.15, -0.1) is 0 Å². The summed E-state index contributed by atoms with van der Waals surface area (Å²) in [7, 11) is -3.49. The molecule has 0 bridgehead atoms. The zero-order valence-electron chi connectivity index (χ0n) is 15.8. The Labute approximate surface area is 160 Å². The Bertz CT molecular complexity index is 880. The van der Waals surface area contributed by atoms with Crippen LogP contribution in [0.3, 0.4) is 0 Å². The van der Waals surface area contributed by atoms with Crippen LogP contribution in [0.5, 0.6) is 0 Å². The molecule has 0 atom stereocenters. The Balaban J connectivity index is 1.99. The highest BCUT2D eigenvalue weighted by Crippen LogP contribution is 2.21. The molecule has 27 heavy (non-hydrogen) atoms. The number of sulfonamides is 1. The van der Waals surface area contributed by atoms with Gasteiger partial charge in [0.1, 0.15) is 5.82 Å². The summed E-state index contributed by atoms with van der Waals surface area (Å²) in [6.45, 7) is 4.36. The number of carbonyl (C=O) groups excluding carboxylic acids is 1. The minimum atomic E-state index is -3.49. The van der Waals surface area contributed by atoms with Crippen LogP contribution in [0.2, 0.25) is 0 Å². The molecule has 7 heteroatoms. The minimum absolute atomic E-state index is 0.0887. The van der Waals surface area contributed by atoms with Gasteiger partial charge in [-0.2, -0.15) is 0 Å². The van der Waals surface area contributed by atoms with Crippen LogP contribution in [0.1, 0.15) is 30.9 Å². The molecule has 0 saturated heterocycles. The maximum absolute atomic E-state index is 13.6. The van der Waals surface area contributed by atoms with Gasteiger partial charge in [0.2, 0.25) is 15.9 Å². The van der Waals surface area contributed by atoms with E-state index in [1.807, 2.05) is 12.1 Å². The van der Waals surface area contributed by atoms with Gasteiger partial charge in [0, 0.05) is 6.54 Å². The Morgan fingerprint density at radius 2 is 1.74 bits per heavy atom. The van der Waals surface area contributed by atoms with E-state index < -0.39 is 15.8 Å². The molecule has 0 spiro atoms. The van der Waals surface area contributed by atoms with Crippen LogP contribution in [-0.2, 0) is 21.2 Å². The number of rotatable bonds is 8. The van der Waals surface area contributed by atoms with Gasteiger partial charge in [0.05, 0.1) is 24.9 Å². The first kappa shape index (κ1) is 20.9. The predicted octanol–water partition coefficient (Wildman–Crippen LogP) is 3.07. The number of carbonyl (C=O) groups is 1. The molecule has 1 N–H and O–H groups in total. The monoisotopic (exact) mass is 392 g/mol. The first-order valence-corrected chi connectivity index (χ1v) is 10.6. The standard InChI is InChI=1S/C20H25FN2O3S/c1-15(2)16-8-10-18(11-9-16)23(27(3,25)26)13-12-22-20(24)14-17-6-4-5-7-19(17)21/h4-11,15H,12-14H2,1-3H3,(H,22,24). The van der Waals surface area contributed by atoms with Crippen molar-refractivity contribution < 1.29 is 17.6 Å². The van der Waals surface area contributed by atoms with Gasteiger partial charge in [-0.25, -0.2) is 12.8 Å². The highest BCUT2D eigenvalue weighted by Gasteiger charge is 2.18. The third-order valence-corrected chi connectivity index (χ3v) is 5.39. The Hall–Kier alpha value is -2.41. The van der Waals surface area contributed by atoms with E-state index in [9.17, 15) is 17.6 Å². The second-order valence-electron chi connectivity index (χ2n) is 6.70. The SMILES string of the molecule is CC(C)c1ccc(N(CCNC(=O)Cc2ccccc2F)S(C)(=O)=O)cc1. The summed E-state index contributed by atoms with van der Waals surface area (Å²) in [5.41, 5.74) is 1.97. The summed E-state index contributed by atoms with van der Waals surface area (Å²) in [5, 5.41) is 2.65. The van der Waals surface area contributed by atoms with Crippen LogP contribution in [0, 0.1) is 5.82 Å². The average Bonchev–Trinajstić information content (AvgIpc) is 2.60. The van der Waals surface area contributed by atoms with Crippen LogP contribution in [0.4, 0.5) is 10.1 Å². The van der Waals surface area contributed by atoms with Crippen LogP contribution in [0.15, 0.2) is 48.5 Å². The molecule has 0 aliphatic heterocycles. The number of nitrogens with zero attached hydrogens (tertiary/aromatic N) is 1. The zero-order chi connectivity index (χ0) is 20.0. The van der Waals surface area contributed by atoms with Gasteiger partial charge in [0.25, 0.3) is 0 Å². The van der Waals surface area contributed by atoms with Crippen molar-refractivity contribution in [3.05, 3.63) is 65.5 Å². The Kier molecular flexibility index (Phi) is 6.96. The summed E-state index contributed by atoms with van der Waals surface area (Å²) in [4.78, 5) is 12.0. The maximum atomic E-state index is 13.6. The minimum Gasteiger partial charge on any atom is -0.354 e. The molecular formula is C20H25FN2O3S. The van der Waals surface area contributed by atoms with Gasteiger partial charge < -0.3 is 5.32 Å². The molecule has 0 saturated carbocycles. The van der Waals surface area contributed by atoms with E-state index in [2.05, 4.69) is 19.2 Å². The molecule has 2 aromatic rings. The van der Waals surface area contributed by atoms with Crippen molar-refractivity contribution in [1.29, 1.82) is 0 Å². The number of benzene rings is 2. The largest absolute Gasteiger partial charge is 0.354 e. The fourth-order valence-corrected chi connectivity index (χ4v) is 3.61. The van der Waals surface area contributed by atoms with E-state index in [0.717, 1.165) is 11.8 Å². The molecule has 146 valence electrons. The molecule has 5 nitrogen and oxygen atoms in total. The van der Waals surface area contributed by atoms with Crippen LogP contribution < -0.4 is 9.62 Å². The molecule has 0 aliphatic rings. The van der Waals surface area contributed by atoms with Crippen molar-refractivity contribution in [1.82, 2.24) is 5.32 Å². The second kappa shape index (κ2) is 8.99. The zero-order valence-corrected chi connectivity index (χ0v) is 16.6. The number of hydrogen-bond acceptors (Lipinski definition) is 3. The first-order valence-electron chi connectivity index (χ1n) is 8.76. The van der Waals surface area contributed by atoms with Crippen molar-refractivity contribution in [3.8, 4) is 0 Å². The van der Waals surface area contributed by atoms with E-state index in [0.29, 0.717) is 17.2 Å². The Morgan fingerprint density at radius 3 is 2.30 bits per heavy atom. The van der Waals surface area contributed by atoms with E-state index in [4.69, 9.17) is 0 Å². The number of halogens is 1. The lowest BCUT2D eigenvalue weighted by Gasteiger charge is -2.23. The quantitative estimate of drug-likeness (QED) is 0.751. The van der Waals surface area contributed by atoms with Crippen molar-refractivity contribution in [3.63, 3.8) is 0 Å². The number of hydrogen-bond donors (Lipinski definition) is 1. The lowest BCUT2D eigenvalue weighted by atomic mass is 10.0. The fraction of sp³-hybridized carbons (Fsp3) is 0.350. The van der Waals surface area contributed by atoms with E-state index in [-0.39, 0.29) is 25.4 Å². The fourth-order valence-electron chi connectivity index (χ4n) is 2.69. The third-order valence-electron chi connectivity index (χ3n) is 4.19. The summed E-state index contributed by atoms with van der Waals surface area (Å²) >= 11 is 0. The third kappa shape index (κ3) is 6.06. The summed E-state index contributed by atoms with van der Waals surface area (Å²) in [5.74, 6) is -0.442. The molecule has 2 rings (SSSR count). The maximum Gasteiger partial charge on any atom is 0.232 e. The number of amides is 1. The van der Waals surface area contributed by atoms with Gasteiger partial charge in [0.15, 0.2) is 0 Å². The van der Waals surface area contributed by atoms with Crippen LogP contribution in [-0.4, -0.2) is 33.7 Å². The number of anilines is 1. The second-order valence-corrected chi connectivity index (χ2v) is 8.61. The highest BCUT2D eigenvalue weighted by atomic mass is 32.2. The molecule has 0 unspecified atom stereocenters. The molecule has 0 heterocycles. The van der Waals surface area contributed by atoms with Gasteiger partial charge in [-0.3, -0.25) is 9.10 Å². The van der Waals surface area contributed by atoms with Crippen LogP contribution in [0.25, 0.3) is 0 Å². The molecule has 0 aromatic heterocycles. The number of nitrogens with one attached hydrogen (secondary N) is 1. The topological polar surface area (TPSA) is 66.5 Å². The summed E-state index contributed by atoms with van der Waals surface area (Å²) in [6.07, 6.45) is 1.04. The lowest BCUT2D eigenvalue weighted by molar-refractivity contribution is -0.120. The van der Waals surface area contributed by atoms with Gasteiger partial charge in [-0.05, 0) is 35.2 Å². The van der Waals surface area contributed by atoms with Crippen molar-refractivity contribution in [2.45, 2.75) is 26.2 Å². The summed E-state index contributed by atoms with van der Waals surface area (Å²) in [6, 6.07) is 13.4. The molecule has 2 aromatic carbocycles. The van der Waals surface area contributed by atoms with Crippen molar-refractivity contribution in [2.75, 3.05) is 23.7 Å². The van der Waals surface area contributed by atoms with Crippen LogP contribution >= 0.6 is 0 Å². The Morgan fingerprint density at radius 1 is 1.11 bits per heavy atom. The normalized spacial score (nSPS) is 11.4. The van der Waals surface area contributed by atoms with E-state index in [1.165, 1.54) is 10.4 Å². The van der Waals surface area contributed by atoms with Gasteiger partial charge >= 0.3 is 0 Å². The summed E-state index contributed by atoms with van der Waals surface area (Å²) < 4.78 is 39.1. The van der Waals surface area contributed by atoms with E-state index in [1.54, 1.807) is 30.3 Å². The first-order chi connectivity index (χ1) is 12.7. The van der Waals surface area contributed by atoms with Crippen molar-refractivity contribution >= 4 is 21.6 Å². The predicted molar refractivity (Wildman–Crippen MR) is 106 cm³/mol. The lowest BCUT2D eigenvalue weighted by Crippen LogP contribution is -2.38. The molecule has 0 aliphatic carbocycles. The average molecular weight is 392 g/mol. The highest BCUT2D eigenvalue weighted by molar-refractivity contribution is 7.92.